The monoisotopic (exact) mass is 1860 g/mol. The summed E-state index contributed by atoms with van der Waals surface area (Å²) in [4.78, 5) is 0. The van der Waals surface area contributed by atoms with E-state index in [0.717, 1.165) is 38.9 Å². The molecule has 7 aromatic rings. The van der Waals surface area contributed by atoms with Gasteiger partial charge in [-0.15, -0.1) is 0 Å². The van der Waals surface area contributed by atoms with Gasteiger partial charge in [0.1, 0.15) is 171 Å². The van der Waals surface area contributed by atoms with Gasteiger partial charge in [-0.05, 0) is 130 Å². The molecule has 0 unspecified atom stereocenters. The molecule has 0 aliphatic carbocycles. The highest BCUT2D eigenvalue weighted by Crippen LogP contribution is 2.40. The molecule has 133 heavy (non-hydrogen) atoms. The quantitative estimate of drug-likeness (QED) is 0.0185. The van der Waals surface area contributed by atoms with Crippen LogP contribution in [0.25, 0.3) is 0 Å². The first-order valence-electron chi connectivity index (χ1n) is 46.7. The minimum Gasteiger partial charge on any atom is -0.387 e. The third-order valence-corrected chi connectivity index (χ3v) is 26.0. The second kappa shape index (κ2) is 50.1. The standard InChI is InChI=1S/C98H133N7O28/c106-71-78(113)92-120-64(50-99-43-36-57-22-8-1-9-23-57)85(71)127-93-79(114)72(107)87(66(121-93)52-101-45-38-59-26-12-3-13-27-59)129-95-81(116)74(109)89(68(123-95)54-103-47-40-61-30-16-5-17-31-61)131-97-83(118)76(111)91(70(125-97)56-105-49-42-63-34-20-7-21-35-63)133-98-84(119)77(112)90(69(126-98)55-104-48-41-62-32-18-6-19-33-62)132-96-82(117)75(110)88(67(124-96)53-102-46-39-60-28-14-4-15-29-60)130-94-80(115)73(108)86(128-92)65(122-94)51-100-44-37-58-24-10-2-11-25-58/h1-35,64-119H,36-56H2/t64-,65-,66-,67-,68-,69-,70-,71-,72-,73-,74-,75-,76-,77-,78-,79-,80-,81-,82-,83-,84-,85-,86-,87-,88-,89-,90-,91-,92-,93-,94-,95-,96-,97-,98-/m1/s1. The van der Waals surface area contributed by atoms with Crippen LogP contribution in [0, 0.1) is 0 Å². The summed E-state index contributed by atoms with van der Waals surface area (Å²) in [7, 11) is 0. The Labute approximate surface area is 774 Å². The SMILES string of the molecule is O[C@@H]1[C@@H](O)[C@H]2O[C@H]3[C@H](O)[C@@H](O)[C@@H](O[C@H]4[C@H](O)[C@@H](O)[C@@H](O[C@H]5[C@H](O)[C@@H](O)[C@@H](O[C@H]6[C@H](O)[C@@H](O)[C@@H](O[C@H]7[C@H](O)[C@@H](O)[C@@H](O[C@H]8[C@H](O)[C@@H](O)[C@@H](O[C@@H]1[C@@H](CNCCc1ccccc1)O2)O[C@@H]8CNCCc1ccccc1)O[C@@H]7CNCCc1ccccc1)O[C@@H]6CNCCc1ccccc1)O[C@@H]5CNCCc1ccccc1)O[C@@H]4CNCCc1ccccc1)O[C@@H]3CNCCc1ccccc1. The third-order valence-electron chi connectivity index (χ3n) is 26.0. The van der Waals surface area contributed by atoms with Crippen LogP contribution in [0.15, 0.2) is 212 Å². The van der Waals surface area contributed by atoms with Gasteiger partial charge in [-0.25, -0.2) is 0 Å². The van der Waals surface area contributed by atoms with Crippen molar-refractivity contribution in [2.24, 2.45) is 0 Å². The van der Waals surface area contributed by atoms with Gasteiger partial charge in [-0.3, -0.25) is 0 Å². The molecule has 21 fully saturated rings. The molecule has 21 N–H and O–H groups in total. The lowest BCUT2D eigenvalue weighted by molar-refractivity contribution is -0.392. The molecular weight excluding hydrogens is 1720 g/mol. The number of hydrogen-bond acceptors (Lipinski definition) is 35. The molecule has 0 amide bonds. The van der Waals surface area contributed by atoms with Gasteiger partial charge < -0.3 is 175 Å². The van der Waals surface area contributed by atoms with E-state index in [9.17, 15) is 71.5 Å². The average Bonchev–Trinajstić information content (AvgIpc) is 0.845. The first kappa shape index (κ1) is 101. The van der Waals surface area contributed by atoms with E-state index >= 15 is 0 Å². The fourth-order valence-corrected chi connectivity index (χ4v) is 18.4. The largest absolute Gasteiger partial charge is 0.387 e. The van der Waals surface area contributed by atoms with Crippen LogP contribution in [0.3, 0.4) is 0 Å². The first-order chi connectivity index (χ1) is 64.8. The molecule has 21 aliphatic rings. The molecule has 28 rings (SSSR count). The highest BCUT2D eigenvalue weighted by atomic mass is 16.8. The van der Waals surface area contributed by atoms with Gasteiger partial charge in [-0.2, -0.15) is 0 Å². The van der Waals surface area contributed by atoms with E-state index in [4.69, 9.17) is 66.3 Å². The summed E-state index contributed by atoms with van der Waals surface area (Å²) in [6, 6.07) is 67.1. The van der Waals surface area contributed by atoms with E-state index in [1.807, 2.05) is 212 Å². The van der Waals surface area contributed by atoms with E-state index < -0.39 is 215 Å². The van der Waals surface area contributed by atoms with Crippen molar-refractivity contribution in [2.75, 3.05) is 91.6 Å². The number of benzene rings is 7. The average molecular weight is 1860 g/mol. The highest BCUT2D eigenvalue weighted by molar-refractivity contribution is 5.21. The van der Waals surface area contributed by atoms with Crippen molar-refractivity contribution in [3.05, 3.63) is 251 Å². The van der Waals surface area contributed by atoms with Gasteiger partial charge >= 0.3 is 0 Å². The van der Waals surface area contributed by atoms with Crippen molar-refractivity contribution < 1.29 is 138 Å². The second-order valence-corrected chi connectivity index (χ2v) is 35.5. The number of nitrogens with one attached hydrogen (secondary N) is 7. The van der Waals surface area contributed by atoms with E-state index in [1.165, 1.54) is 0 Å². The van der Waals surface area contributed by atoms with Gasteiger partial charge in [0, 0.05) is 45.8 Å². The molecule has 0 radical (unpaired) electrons. The minimum atomic E-state index is -2.07. The van der Waals surface area contributed by atoms with E-state index in [0.29, 0.717) is 90.8 Å². The van der Waals surface area contributed by atoms with Crippen molar-refractivity contribution in [3.63, 3.8) is 0 Å². The zero-order valence-electron chi connectivity index (χ0n) is 74.2. The normalized spacial score (nSPS) is 36.8. The number of rotatable bonds is 35. The zero-order valence-corrected chi connectivity index (χ0v) is 74.2. The summed E-state index contributed by atoms with van der Waals surface area (Å²) in [5.74, 6) is 0. The Kier molecular flexibility index (Phi) is 37.9. The van der Waals surface area contributed by atoms with Crippen molar-refractivity contribution in [2.45, 2.75) is 260 Å². The molecule has 21 saturated heterocycles. The van der Waals surface area contributed by atoms with Crippen LogP contribution in [-0.4, -0.2) is 378 Å². The smallest absolute Gasteiger partial charge is 0.187 e. The Morgan fingerprint density at radius 1 is 0.150 bits per heavy atom. The number of hydrogen-bond donors (Lipinski definition) is 21. The predicted molar refractivity (Wildman–Crippen MR) is 480 cm³/mol. The third kappa shape index (κ3) is 26.8. The van der Waals surface area contributed by atoms with Gasteiger partial charge in [0.2, 0.25) is 0 Å². The highest BCUT2D eigenvalue weighted by Gasteiger charge is 2.60. The molecule has 0 saturated carbocycles. The predicted octanol–water partition coefficient (Wildman–Crippen LogP) is -2.35. The Bertz CT molecular complexity index is 3670. The summed E-state index contributed by atoms with van der Waals surface area (Å²) in [5, 5.41) is 201. The molecule has 35 nitrogen and oxygen atoms in total. The lowest BCUT2D eigenvalue weighted by Gasteiger charge is -2.50. The molecule has 35 atom stereocenters. The molecular formula is C98H133N7O28. The van der Waals surface area contributed by atoms with Crippen molar-refractivity contribution in [1.29, 1.82) is 0 Å². The van der Waals surface area contributed by atoms with Crippen LogP contribution in [0.1, 0.15) is 38.9 Å². The minimum absolute atomic E-state index is 0.147. The number of aliphatic hydroxyl groups is 14. The van der Waals surface area contributed by atoms with Gasteiger partial charge in [0.05, 0.1) is 0 Å². The Hall–Kier alpha value is -6.86. The molecule has 0 aromatic heterocycles. The van der Waals surface area contributed by atoms with E-state index in [-0.39, 0.29) is 45.8 Å². The summed E-state index contributed by atoms with van der Waals surface area (Å²) in [6.45, 7) is 1.27. The van der Waals surface area contributed by atoms with Crippen molar-refractivity contribution >= 4 is 0 Å². The summed E-state index contributed by atoms with van der Waals surface area (Å²) >= 11 is 0. The Morgan fingerprint density at radius 2 is 0.263 bits per heavy atom. The molecule has 21 heterocycles. The van der Waals surface area contributed by atoms with Crippen molar-refractivity contribution in [1.82, 2.24) is 37.2 Å². The topological polar surface area (TPSA) is 497 Å². The molecule has 7 aromatic carbocycles. The summed E-state index contributed by atoms with van der Waals surface area (Å²) < 4.78 is 93.4. The van der Waals surface area contributed by atoms with Crippen molar-refractivity contribution in [3.8, 4) is 0 Å². The van der Waals surface area contributed by atoms with Crippen LogP contribution >= 0.6 is 0 Å². The number of ether oxygens (including phenoxy) is 14. The maximum atomic E-state index is 12.7. The molecule has 0 spiro atoms. The van der Waals surface area contributed by atoms with Crippen LogP contribution in [0.2, 0.25) is 0 Å². The molecule has 14 bridgehead atoms. The van der Waals surface area contributed by atoms with E-state index in [2.05, 4.69) is 37.2 Å². The molecule has 35 heteroatoms. The van der Waals surface area contributed by atoms with Crippen LogP contribution < -0.4 is 37.2 Å². The Balaban J connectivity index is 0.781. The van der Waals surface area contributed by atoms with Crippen LogP contribution in [0.4, 0.5) is 0 Å². The Morgan fingerprint density at radius 3 is 0.376 bits per heavy atom. The van der Waals surface area contributed by atoms with Gasteiger partial charge in [-0.1, -0.05) is 212 Å². The lowest BCUT2D eigenvalue weighted by Crippen LogP contribution is -2.69. The zero-order chi connectivity index (χ0) is 92.7. The molecule has 728 valence electrons. The van der Waals surface area contributed by atoms with E-state index in [1.54, 1.807) is 0 Å². The maximum absolute atomic E-state index is 12.7. The maximum Gasteiger partial charge on any atom is 0.187 e. The second-order valence-electron chi connectivity index (χ2n) is 35.5. The van der Waals surface area contributed by atoms with Crippen LogP contribution in [-0.2, 0) is 111 Å². The number of aliphatic hydroxyl groups excluding tert-OH is 14. The fraction of sp³-hybridized carbons (Fsp3) is 0.571. The van der Waals surface area contributed by atoms with Crippen LogP contribution in [0.5, 0.6) is 0 Å². The first-order valence-corrected chi connectivity index (χ1v) is 46.7. The summed E-state index contributed by atoms with van der Waals surface area (Å²) in [6.07, 6.45) is -58.9. The fourth-order valence-electron chi connectivity index (χ4n) is 18.4. The van der Waals surface area contributed by atoms with Gasteiger partial charge in [0.15, 0.2) is 44.0 Å². The summed E-state index contributed by atoms with van der Waals surface area (Å²) in [5.41, 5.74) is 6.85. The molecule has 21 aliphatic heterocycles. The van der Waals surface area contributed by atoms with Gasteiger partial charge in [0.25, 0.3) is 0 Å². The lowest BCUT2D eigenvalue weighted by atomic mass is 9.94.